The van der Waals surface area contributed by atoms with Gasteiger partial charge in [-0.2, -0.15) is 0 Å². The van der Waals surface area contributed by atoms with Gasteiger partial charge >= 0.3 is 5.97 Å². The number of rotatable bonds is 5. The second-order valence-electron chi connectivity index (χ2n) is 3.52. The summed E-state index contributed by atoms with van der Waals surface area (Å²) >= 11 is 0. The SMILES string of the molecule is CC(C)C(NCc1cnc[nH]1)C(=O)O. The van der Waals surface area contributed by atoms with Crippen molar-refractivity contribution in [3.8, 4) is 0 Å². The van der Waals surface area contributed by atoms with E-state index in [9.17, 15) is 4.79 Å². The standard InChI is InChI=1S/C9H15N3O2/c1-6(2)8(9(13)14)11-4-7-3-10-5-12-7/h3,5-6,8,11H,4H2,1-2H3,(H,10,12)(H,13,14). The van der Waals surface area contributed by atoms with E-state index in [1.165, 1.54) is 0 Å². The summed E-state index contributed by atoms with van der Waals surface area (Å²) in [6.45, 7) is 4.24. The predicted molar refractivity (Wildman–Crippen MR) is 51.7 cm³/mol. The smallest absolute Gasteiger partial charge is 0.320 e. The number of aromatic nitrogens is 2. The molecule has 0 aliphatic carbocycles. The fourth-order valence-electron chi connectivity index (χ4n) is 1.21. The molecule has 1 heterocycles. The van der Waals surface area contributed by atoms with Crippen LogP contribution < -0.4 is 5.32 Å². The molecule has 0 spiro atoms. The second-order valence-corrected chi connectivity index (χ2v) is 3.52. The molecule has 1 unspecified atom stereocenters. The van der Waals surface area contributed by atoms with Crippen LogP contribution in [-0.4, -0.2) is 27.1 Å². The van der Waals surface area contributed by atoms with Crippen LogP contribution >= 0.6 is 0 Å². The third kappa shape index (κ3) is 2.85. The lowest BCUT2D eigenvalue weighted by atomic mass is 10.1. The molecule has 1 aromatic rings. The Labute approximate surface area is 82.6 Å². The summed E-state index contributed by atoms with van der Waals surface area (Å²) < 4.78 is 0. The summed E-state index contributed by atoms with van der Waals surface area (Å²) in [5, 5.41) is 11.8. The molecule has 0 aliphatic rings. The molecule has 14 heavy (non-hydrogen) atoms. The molecule has 0 amide bonds. The molecular formula is C9H15N3O2. The number of carboxylic acid groups (broad SMARTS) is 1. The Morgan fingerprint density at radius 2 is 2.43 bits per heavy atom. The van der Waals surface area contributed by atoms with Crippen LogP contribution in [0.15, 0.2) is 12.5 Å². The summed E-state index contributed by atoms with van der Waals surface area (Å²) in [5.41, 5.74) is 0.886. The van der Waals surface area contributed by atoms with E-state index in [0.29, 0.717) is 6.54 Å². The molecule has 5 heteroatoms. The van der Waals surface area contributed by atoms with Crippen LogP contribution in [0.25, 0.3) is 0 Å². The summed E-state index contributed by atoms with van der Waals surface area (Å²) in [5.74, 6) is -0.755. The van der Waals surface area contributed by atoms with Crippen LogP contribution in [0.3, 0.4) is 0 Å². The Morgan fingerprint density at radius 1 is 1.71 bits per heavy atom. The first-order valence-corrected chi connectivity index (χ1v) is 4.54. The average Bonchev–Trinajstić information content (AvgIpc) is 2.55. The van der Waals surface area contributed by atoms with Gasteiger partial charge in [0.2, 0.25) is 0 Å². The number of nitrogens with zero attached hydrogens (tertiary/aromatic N) is 1. The number of H-pyrrole nitrogens is 1. The predicted octanol–water partition coefficient (Wildman–Crippen LogP) is 0.608. The molecule has 1 aromatic heterocycles. The molecular weight excluding hydrogens is 182 g/mol. The highest BCUT2D eigenvalue weighted by Crippen LogP contribution is 2.02. The molecule has 0 saturated carbocycles. The van der Waals surface area contributed by atoms with E-state index >= 15 is 0 Å². The third-order valence-electron chi connectivity index (χ3n) is 2.00. The summed E-state index contributed by atoms with van der Waals surface area (Å²) in [6, 6.07) is -0.515. The quantitative estimate of drug-likeness (QED) is 0.646. The zero-order chi connectivity index (χ0) is 10.6. The molecule has 0 radical (unpaired) electrons. The zero-order valence-electron chi connectivity index (χ0n) is 8.32. The highest BCUT2D eigenvalue weighted by molar-refractivity contribution is 5.73. The van der Waals surface area contributed by atoms with E-state index in [0.717, 1.165) is 5.69 Å². The highest BCUT2D eigenvalue weighted by Gasteiger charge is 2.20. The van der Waals surface area contributed by atoms with Crippen LogP contribution in [0, 0.1) is 5.92 Å². The number of carboxylic acids is 1. The number of hydrogen-bond donors (Lipinski definition) is 3. The Morgan fingerprint density at radius 3 is 2.86 bits per heavy atom. The molecule has 78 valence electrons. The fourth-order valence-corrected chi connectivity index (χ4v) is 1.21. The van der Waals surface area contributed by atoms with Crippen molar-refractivity contribution in [2.45, 2.75) is 26.4 Å². The summed E-state index contributed by atoms with van der Waals surface area (Å²) in [6.07, 6.45) is 3.24. The molecule has 3 N–H and O–H groups in total. The molecule has 0 saturated heterocycles. The topological polar surface area (TPSA) is 78.0 Å². The van der Waals surface area contributed by atoms with Crippen LogP contribution in [0.1, 0.15) is 19.5 Å². The van der Waals surface area contributed by atoms with Gasteiger partial charge in [0.1, 0.15) is 6.04 Å². The van der Waals surface area contributed by atoms with Crippen molar-refractivity contribution >= 4 is 5.97 Å². The molecule has 0 bridgehead atoms. The van der Waals surface area contributed by atoms with Crippen LogP contribution in [-0.2, 0) is 11.3 Å². The van der Waals surface area contributed by atoms with Crippen LogP contribution in [0.2, 0.25) is 0 Å². The second kappa shape index (κ2) is 4.76. The van der Waals surface area contributed by atoms with Gasteiger partial charge in [-0.15, -0.1) is 0 Å². The zero-order valence-corrected chi connectivity index (χ0v) is 8.32. The molecule has 0 aliphatic heterocycles. The lowest BCUT2D eigenvalue weighted by molar-refractivity contribution is -0.140. The van der Waals surface area contributed by atoms with Gasteiger partial charge in [0.25, 0.3) is 0 Å². The molecule has 5 nitrogen and oxygen atoms in total. The molecule has 1 atom stereocenters. The first kappa shape index (κ1) is 10.7. The van der Waals surface area contributed by atoms with E-state index in [-0.39, 0.29) is 5.92 Å². The van der Waals surface area contributed by atoms with Gasteiger partial charge in [-0.25, -0.2) is 4.98 Å². The number of carbonyl (C=O) groups is 1. The van der Waals surface area contributed by atoms with Gasteiger partial charge < -0.3 is 10.1 Å². The van der Waals surface area contributed by atoms with E-state index in [4.69, 9.17) is 5.11 Å². The molecule has 1 rings (SSSR count). The number of nitrogens with one attached hydrogen (secondary N) is 2. The lowest BCUT2D eigenvalue weighted by Crippen LogP contribution is -2.40. The fraction of sp³-hybridized carbons (Fsp3) is 0.556. The maximum absolute atomic E-state index is 10.8. The monoisotopic (exact) mass is 197 g/mol. The van der Waals surface area contributed by atoms with Crippen molar-refractivity contribution in [3.05, 3.63) is 18.2 Å². The first-order chi connectivity index (χ1) is 6.61. The Bertz CT molecular complexity index is 282. The highest BCUT2D eigenvalue weighted by atomic mass is 16.4. The lowest BCUT2D eigenvalue weighted by Gasteiger charge is -2.17. The third-order valence-corrected chi connectivity index (χ3v) is 2.00. The van der Waals surface area contributed by atoms with Gasteiger partial charge in [0, 0.05) is 18.4 Å². The number of hydrogen-bond acceptors (Lipinski definition) is 3. The van der Waals surface area contributed by atoms with Crippen molar-refractivity contribution in [1.29, 1.82) is 0 Å². The van der Waals surface area contributed by atoms with Gasteiger partial charge in [0.05, 0.1) is 6.33 Å². The average molecular weight is 197 g/mol. The normalized spacial score (nSPS) is 13.1. The summed E-state index contributed by atoms with van der Waals surface area (Å²) in [7, 11) is 0. The van der Waals surface area contributed by atoms with E-state index in [2.05, 4.69) is 15.3 Å². The maximum atomic E-state index is 10.8. The minimum Gasteiger partial charge on any atom is -0.480 e. The van der Waals surface area contributed by atoms with Crippen molar-refractivity contribution in [2.75, 3.05) is 0 Å². The minimum absolute atomic E-state index is 0.0652. The van der Waals surface area contributed by atoms with Crippen molar-refractivity contribution in [2.24, 2.45) is 5.92 Å². The van der Waals surface area contributed by atoms with Gasteiger partial charge in [-0.05, 0) is 5.92 Å². The minimum atomic E-state index is -0.820. The van der Waals surface area contributed by atoms with Crippen molar-refractivity contribution < 1.29 is 9.90 Å². The maximum Gasteiger partial charge on any atom is 0.320 e. The van der Waals surface area contributed by atoms with Crippen LogP contribution in [0.5, 0.6) is 0 Å². The number of aromatic amines is 1. The van der Waals surface area contributed by atoms with Gasteiger partial charge in [-0.3, -0.25) is 10.1 Å². The number of imidazole rings is 1. The molecule has 0 aromatic carbocycles. The van der Waals surface area contributed by atoms with E-state index in [1.807, 2.05) is 13.8 Å². The first-order valence-electron chi connectivity index (χ1n) is 4.54. The van der Waals surface area contributed by atoms with E-state index in [1.54, 1.807) is 12.5 Å². The van der Waals surface area contributed by atoms with Gasteiger partial charge in [-0.1, -0.05) is 13.8 Å². The Balaban J connectivity index is 2.45. The van der Waals surface area contributed by atoms with E-state index < -0.39 is 12.0 Å². The van der Waals surface area contributed by atoms with Crippen molar-refractivity contribution in [3.63, 3.8) is 0 Å². The number of aliphatic carboxylic acids is 1. The largest absolute Gasteiger partial charge is 0.480 e. The summed E-state index contributed by atoms with van der Waals surface area (Å²) in [4.78, 5) is 17.6. The molecule has 0 fully saturated rings. The Hall–Kier alpha value is -1.36. The Kier molecular flexibility index (Phi) is 3.64. The van der Waals surface area contributed by atoms with Gasteiger partial charge in [0.15, 0.2) is 0 Å². The van der Waals surface area contributed by atoms with Crippen LogP contribution in [0.4, 0.5) is 0 Å². The van der Waals surface area contributed by atoms with Crippen molar-refractivity contribution in [1.82, 2.24) is 15.3 Å².